The quantitative estimate of drug-likeness (QED) is 0.574. The van der Waals surface area contributed by atoms with Gasteiger partial charge in [-0.05, 0) is 40.0 Å². The van der Waals surface area contributed by atoms with E-state index in [1.54, 1.807) is 47.7 Å². The van der Waals surface area contributed by atoms with Crippen LogP contribution in [-0.2, 0) is 19.1 Å². The number of rotatable bonds is 6. The topological polar surface area (TPSA) is 84.9 Å². The fraction of sp³-hybridized carbons (Fsp3) is 0.737. The summed E-state index contributed by atoms with van der Waals surface area (Å²) in [4.78, 5) is 38.0. The van der Waals surface area contributed by atoms with Gasteiger partial charge in [0.2, 0.25) is 5.91 Å². The first-order valence-corrected chi connectivity index (χ1v) is 8.77. The maximum absolute atomic E-state index is 12.8. The molecule has 0 aromatic heterocycles. The summed E-state index contributed by atoms with van der Waals surface area (Å²) in [5.74, 6) is -0.677. The van der Waals surface area contributed by atoms with Gasteiger partial charge in [0.1, 0.15) is 11.6 Å². The van der Waals surface area contributed by atoms with E-state index in [0.717, 1.165) is 0 Å². The van der Waals surface area contributed by atoms with Crippen LogP contribution in [0.1, 0.15) is 55.4 Å². The molecule has 0 saturated heterocycles. The van der Waals surface area contributed by atoms with Crippen molar-refractivity contribution in [3.8, 4) is 0 Å². The summed E-state index contributed by atoms with van der Waals surface area (Å²) >= 11 is 0. The summed E-state index contributed by atoms with van der Waals surface area (Å²) in [6.45, 7) is 14.8. The number of alkyl carbamates (subject to hydrolysis) is 1. The van der Waals surface area contributed by atoms with Gasteiger partial charge in [0.15, 0.2) is 0 Å². The largest absolute Gasteiger partial charge is 0.463 e. The van der Waals surface area contributed by atoms with E-state index in [1.165, 1.54) is 4.90 Å². The van der Waals surface area contributed by atoms with Gasteiger partial charge >= 0.3 is 12.1 Å². The van der Waals surface area contributed by atoms with Crippen LogP contribution >= 0.6 is 0 Å². The zero-order chi connectivity index (χ0) is 20.7. The van der Waals surface area contributed by atoms with E-state index < -0.39 is 29.1 Å². The molecule has 26 heavy (non-hydrogen) atoms. The number of ether oxygens (including phenoxy) is 2. The van der Waals surface area contributed by atoms with Crippen LogP contribution in [0.25, 0.3) is 0 Å². The number of carbonyl (C=O) groups excluding carboxylic acids is 3. The third kappa shape index (κ3) is 8.87. The van der Waals surface area contributed by atoms with Gasteiger partial charge in [0, 0.05) is 19.2 Å². The Morgan fingerprint density at radius 2 is 1.65 bits per heavy atom. The molecule has 0 bridgehead atoms. The van der Waals surface area contributed by atoms with E-state index in [1.807, 2.05) is 20.8 Å². The van der Waals surface area contributed by atoms with E-state index in [2.05, 4.69) is 5.32 Å². The lowest BCUT2D eigenvalue weighted by molar-refractivity contribution is -0.138. The van der Waals surface area contributed by atoms with Crippen LogP contribution in [0.4, 0.5) is 4.79 Å². The number of nitrogens with one attached hydrogen (secondary N) is 1. The normalized spacial score (nSPS) is 13.7. The van der Waals surface area contributed by atoms with Crippen molar-refractivity contribution in [2.45, 2.75) is 67.0 Å². The van der Waals surface area contributed by atoms with Gasteiger partial charge in [-0.2, -0.15) is 0 Å². The highest BCUT2D eigenvalue weighted by Crippen LogP contribution is 2.21. The molecule has 1 atom stereocenters. The lowest BCUT2D eigenvalue weighted by atomic mass is 9.86. The summed E-state index contributed by atoms with van der Waals surface area (Å²) in [5.41, 5.74) is -0.734. The van der Waals surface area contributed by atoms with E-state index in [0.29, 0.717) is 12.2 Å². The predicted octanol–water partition coefficient (Wildman–Crippen LogP) is 2.89. The Hall–Kier alpha value is -2.05. The third-order valence-corrected chi connectivity index (χ3v) is 3.42. The zero-order valence-electron chi connectivity index (χ0n) is 17.6. The second-order valence-corrected chi connectivity index (χ2v) is 8.27. The summed E-state index contributed by atoms with van der Waals surface area (Å²) in [6, 6.07) is -0.765. The molecule has 0 aromatic rings. The van der Waals surface area contributed by atoms with Crippen LogP contribution in [0.5, 0.6) is 0 Å². The molecule has 0 aliphatic carbocycles. The molecule has 0 saturated carbocycles. The fourth-order valence-corrected chi connectivity index (χ4v) is 1.99. The van der Waals surface area contributed by atoms with Crippen LogP contribution in [0.2, 0.25) is 0 Å². The van der Waals surface area contributed by atoms with E-state index in [9.17, 15) is 14.4 Å². The van der Waals surface area contributed by atoms with Gasteiger partial charge in [0.05, 0.1) is 6.61 Å². The minimum Gasteiger partial charge on any atom is -0.463 e. The minimum atomic E-state index is -0.765. The summed E-state index contributed by atoms with van der Waals surface area (Å²) in [6.07, 6.45) is 0.987. The van der Waals surface area contributed by atoms with Crippen LogP contribution in [0.3, 0.4) is 0 Å². The van der Waals surface area contributed by atoms with Gasteiger partial charge in [-0.3, -0.25) is 4.79 Å². The SMILES string of the molecule is CCOC(=O)/C(C)=C/CN(C)C(=O)C(NC(=O)OC(C)(C)C)C(C)(C)C. The molecule has 0 fully saturated rings. The Morgan fingerprint density at radius 1 is 1.12 bits per heavy atom. The number of esters is 1. The van der Waals surface area contributed by atoms with Crippen LogP contribution in [-0.4, -0.2) is 54.7 Å². The summed E-state index contributed by atoms with van der Waals surface area (Å²) in [7, 11) is 1.62. The van der Waals surface area contributed by atoms with E-state index in [4.69, 9.17) is 9.47 Å². The molecule has 1 unspecified atom stereocenters. The standard InChI is InChI=1S/C19H34N2O5/c1-10-25-16(23)13(2)11-12-21(9)15(22)14(18(3,4)5)20-17(24)26-19(6,7)8/h11,14H,10,12H2,1-9H3,(H,20,24)/b13-11+. The monoisotopic (exact) mass is 370 g/mol. The van der Waals surface area contributed by atoms with Crippen LogP contribution in [0, 0.1) is 5.41 Å². The Morgan fingerprint density at radius 3 is 2.08 bits per heavy atom. The minimum absolute atomic E-state index is 0.228. The number of amides is 2. The summed E-state index contributed by atoms with van der Waals surface area (Å²) < 4.78 is 10.2. The Bertz CT molecular complexity index is 541. The van der Waals surface area contributed by atoms with Crippen LogP contribution in [0.15, 0.2) is 11.6 Å². The molecule has 7 heteroatoms. The van der Waals surface area contributed by atoms with Crippen molar-refractivity contribution in [1.29, 1.82) is 0 Å². The van der Waals surface area contributed by atoms with Gasteiger partial charge in [0.25, 0.3) is 0 Å². The number of hydrogen-bond acceptors (Lipinski definition) is 5. The lowest BCUT2D eigenvalue weighted by Gasteiger charge is -2.33. The van der Waals surface area contributed by atoms with E-state index in [-0.39, 0.29) is 12.5 Å². The van der Waals surface area contributed by atoms with Crippen molar-refractivity contribution in [3.05, 3.63) is 11.6 Å². The second kappa shape index (κ2) is 9.59. The second-order valence-electron chi connectivity index (χ2n) is 8.27. The molecule has 0 spiro atoms. The highest BCUT2D eigenvalue weighted by molar-refractivity contribution is 5.88. The van der Waals surface area contributed by atoms with Gasteiger partial charge in [-0.25, -0.2) is 9.59 Å². The molecule has 150 valence electrons. The highest BCUT2D eigenvalue weighted by Gasteiger charge is 2.35. The van der Waals surface area contributed by atoms with Crippen molar-refractivity contribution in [3.63, 3.8) is 0 Å². The molecule has 0 radical (unpaired) electrons. The Balaban J connectivity index is 5.11. The average Bonchev–Trinajstić information content (AvgIpc) is 2.46. The molecular weight excluding hydrogens is 336 g/mol. The maximum Gasteiger partial charge on any atom is 0.408 e. The smallest absolute Gasteiger partial charge is 0.408 e. The molecule has 2 amide bonds. The Kier molecular flexibility index (Phi) is 8.84. The van der Waals surface area contributed by atoms with Gasteiger partial charge in [-0.1, -0.05) is 26.8 Å². The first-order chi connectivity index (χ1) is 11.7. The Labute approximate surface area is 157 Å². The predicted molar refractivity (Wildman–Crippen MR) is 101 cm³/mol. The first kappa shape index (κ1) is 23.9. The fourth-order valence-electron chi connectivity index (χ4n) is 1.99. The number of likely N-dealkylation sites (N-methyl/N-ethyl adjacent to an activating group) is 1. The zero-order valence-corrected chi connectivity index (χ0v) is 17.6. The van der Waals surface area contributed by atoms with E-state index >= 15 is 0 Å². The van der Waals surface area contributed by atoms with Crippen molar-refractivity contribution in [1.82, 2.24) is 10.2 Å². The molecule has 0 heterocycles. The lowest BCUT2D eigenvalue weighted by Crippen LogP contribution is -2.54. The van der Waals surface area contributed by atoms with Crippen molar-refractivity contribution in [2.24, 2.45) is 5.41 Å². The number of carbonyl (C=O) groups is 3. The molecule has 0 aromatic carbocycles. The van der Waals surface area contributed by atoms with Crippen LogP contribution < -0.4 is 5.32 Å². The molecule has 0 aliphatic rings. The highest BCUT2D eigenvalue weighted by atomic mass is 16.6. The first-order valence-electron chi connectivity index (χ1n) is 8.77. The molecule has 0 rings (SSSR count). The average molecular weight is 370 g/mol. The third-order valence-electron chi connectivity index (χ3n) is 3.42. The summed E-state index contributed by atoms with van der Waals surface area (Å²) in [5, 5.41) is 2.66. The molecule has 0 aliphatic heterocycles. The molecule has 7 nitrogen and oxygen atoms in total. The van der Waals surface area contributed by atoms with Gasteiger partial charge in [-0.15, -0.1) is 0 Å². The van der Waals surface area contributed by atoms with Crippen molar-refractivity contribution in [2.75, 3.05) is 20.2 Å². The molecular formula is C19H34N2O5. The van der Waals surface area contributed by atoms with Gasteiger partial charge < -0.3 is 19.7 Å². The number of nitrogens with zero attached hydrogens (tertiary/aromatic N) is 1. The number of hydrogen-bond donors (Lipinski definition) is 1. The molecule has 1 N–H and O–H groups in total. The maximum atomic E-state index is 12.8. The van der Waals surface area contributed by atoms with Crippen molar-refractivity contribution >= 4 is 18.0 Å². The van der Waals surface area contributed by atoms with Crippen molar-refractivity contribution < 1.29 is 23.9 Å².